The summed E-state index contributed by atoms with van der Waals surface area (Å²) in [4.78, 5) is 48.3. The number of nitrogens with one attached hydrogen (secondary N) is 1. The number of carbonyl (C=O) groups excluding carboxylic acids is 1. The van der Waals surface area contributed by atoms with E-state index in [0.717, 1.165) is 31.3 Å². The number of piperazine rings is 1. The standard InChI is InChI=1S/C37H38N6O4/c1-37(12-13-37)27-8-9-29-24(19-27)11-14-43(35(29)46)32-6-4-5-28(30(32)23-44)26-20-31(36(47)41(3)22-26)39-33-10-7-25(21-38-33)34(45)42-17-15-40(2)16-18-42/h4-11,14,19-22,44H,12-13,15-18,23H2,1-3H3,(H,38,39). The first-order chi connectivity index (χ1) is 22.6. The number of hydrogen-bond acceptors (Lipinski definition) is 7. The van der Waals surface area contributed by atoms with E-state index in [1.165, 1.54) is 16.3 Å². The maximum absolute atomic E-state index is 13.7. The van der Waals surface area contributed by atoms with Crippen LogP contribution in [-0.2, 0) is 19.1 Å². The number of fused-ring (bicyclic) bond motifs is 1. The molecule has 0 atom stereocenters. The molecule has 2 fully saturated rings. The van der Waals surface area contributed by atoms with Crippen molar-refractivity contribution in [2.24, 2.45) is 7.05 Å². The highest BCUT2D eigenvalue weighted by Crippen LogP contribution is 2.48. The third-order valence-corrected chi connectivity index (χ3v) is 9.73. The molecular weight excluding hydrogens is 592 g/mol. The molecule has 10 heteroatoms. The summed E-state index contributed by atoms with van der Waals surface area (Å²) in [5, 5.41) is 15.3. The second kappa shape index (κ2) is 11.9. The highest BCUT2D eigenvalue weighted by molar-refractivity contribution is 5.94. The van der Waals surface area contributed by atoms with Gasteiger partial charge in [-0.25, -0.2) is 4.98 Å². The van der Waals surface area contributed by atoms with Gasteiger partial charge >= 0.3 is 0 Å². The third-order valence-electron chi connectivity index (χ3n) is 9.73. The van der Waals surface area contributed by atoms with Gasteiger partial charge in [0, 0.05) is 68.3 Å². The summed E-state index contributed by atoms with van der Waals surface area (Å²) in [5.41, 5.74) is 4.31. The Morgan fingerprint density at radius 3 is 2.45 bits per heavy atom. The molecule has 1 amide bonds. The predicted molar refractivity (Wildman–Crippen MR) is 184 cm³/mol. The number of nitrogens with zero attached hydrogens (tertiary/aromatic N) is 5. The van der Waals surface area contributed by atoms with Gasteiger partial charge in [0.05, 0.1) is 17.9 Å². The van der Waals surface area contributed by atoms with Gasteiger partial charge in [-0.05, 0) is 78.2 Å². The predicted octanol–water partition coefficient (Wildman–Crippen LogP) is 4.43. The average molecular weight is 631 g/mol. The molecule has 47 heavy (non-hydrogen) atoms. The van der Waals surface area contributed by atoms with Crippen molar-refractivity contribution in [2.45, 2.75) is 31.8 Å². The van der Waals surface area contributed by atoms with Gasteiger partial charge in [0.25, 0.3) is 17.0 Å². The van der Waals surface area contributed by atoms with Crippen molar-refractivity contribution in [3.8, 4) is 16.8 Å². The topological polar surface area (TPSA) is 113 Å². The second-order valence-electron chi connectivity index (χ2n) is 13.0. The van der Waals surface area contributed by atoms with E-state index < -0.39 is 0 Å². The van der Waals surface area contributed by atoms with Crippen LogP contribution in [0.5, 0.6) is 0 Å². The fourth-order valence-corrected chi connectivity index (χ4v) is 6.40. The van der Waals surface area contributed by atoms with Crippen LogP contribution in [0.25, 0.3) is 27.6 Å². The molecule has 3 aromatic heterocycles. The molecule has 0 bridgehead atoms. The fraction of sp³-hybridized carbons (Fsp3) is 0.297. The van der Waals surface area contributed by atoms with Crippen LogP contribution in [-0.4, -0.2) is 68.2 Å². The molecule has 2 aliphatic rings. The molecule has 0 radical (unpaired) electrons. The van der Waals surface area contributed by atoms with Crippen molar-refractivity contribution in [3.63, 3.8) is 0 Å². The Morgan fingerprint density at radius 1 is 0.957 bits per heavy atom. The molecule has 5 aromatic rings. The van der Waals surface area contributed by atoms with Crippen LogP contribution in [0.3, 0.4) is 0 Å². The minimum absolute atomic E-state index is 0.0608. The second-order valence-corrected chi connectivity index (χ2v) is 13.0. The van der Waals surface area contributed by atoms with Crippen LogP contribution in [0.15, 0.2) is 88.8 Å². The van der Waals surface area contributed by atoms with E-state index in [0.29, 0.717) is 52.2 Å². The van der Waals surface area contributed by atoms with Crippen molar-refractivity contribution in [3.05, 3.63) is 117 Å². The largest absolute Gasteiger partial charge is 0.392 e. The number of pyridine rings is 3. The number of aromatic nitrogens is 3. The summed E-state index contributed by atoms with van der Waals surface area (Å²) < 4.78 is 3.04. The summed E-state index contributed by atoms with van der Waals surface area (Å²) in [6.45, 7) is 4.94. The van der Waals surface area contributed by atoms with Gasteiger partial charge in [0.2, 0.25) is 0 Å². The van der Waals surface area contributed by atoms with E-state index in [1.54, 1.807) is 42.2 Å². The van der Waals surface area contributed by atoms with Gasteiger partial charge in [-0.3, -0.25) is 19.0 Å². The number of benzene rings is 2. The summed E-state index contributed by atoms with van der Waals surface area (Å²) in [6, 6.07) is 18.7. The van der Waals surface area contributed by atoms with Crippen LogP contribution in [0.2, 0.25) is 0 Å². The summed E-state index contributed by atoms with van der Waals surface area (Å²) in [7, 11) is 3.70. The molecule has 1 saturated carbocycles. The van der Waals surface area contributed by atoms with Crippen molar-refractivity contribution >= 4 is 28.2 Å². The number of aliphatic hydroxyl groups is 1. The number of anilines is 2. The molecular formula is C37H38N6O4. The minimum Gasteiger partial charge on any atom is -0.392 e. The SMILES string of the molecule is CN1CCN(C(=O)c2ccc(Nc3cc(-c4cccc(-n5ccc6cc(C7(C)CC7)ccc6c5=O)c4CO)cn(C)c3=O)nc2)CC1. The van der Waals surface area contributed by atoms with E-state index in [4.69, 9.17) is 0 Å². The Kier molecular flexibility index (Phi) is 7.77. The maximum Gasteiger partial charge on any atom is 0.274 e. The number of amides is 1. The van der Waals surface area contributed by atoms with E-state index in [2.05, 4.69) is 34.3 Å². The van der Waals surface area contributed by atoms with E-state index >= 15 is 0 Å². The Hall–Kier alpha value is -5.06. The molecule has 1 aliphatic heterocycles. The number of carbonyl (C=O) groups is 1. The number of aryl methyl sites for hydroxylation is 1. The summed E-state index contributed by atoms with van der Waals surface area (Å²) in [6.07, 6.45) is 7.32. The summed E-state index contributed by atoms with van der Waals surface area (Å²) in [5.74, 6) is 0.362. The average Bonchev–Trinajstić information content (AvgIpc) is 3.85. The smallest absolute Gasteiger partial charge is 0.274 e. The highest BCUT2D eigenvalue weighted by atomic mass is 16.3. The van der Waals surface area contributed by atoms with Crippen LogP contribution in [0, 0.1) is 0 Å². The molecule has 2 N–H and O–H groups in total. The van der Waals surface area contributed by atoms with Gasteiger partial charge in [0.1, 0.15) is 11.5 Å². The lowest BCUT2D eigenvalue weighted by molar-refractivity contribution is 0.0663. The molecule has 0 spiro atoms. The highest BCUT2D eigenvalue weighted by Gasteiger charge is 2.39. The van der Waals surface area contributed by atoms with Crippen LogP contribution < -0.4 is 16.4 Å². The monoisotopic (exact) mass is 630 g/mol. The van der Waals surface area contributed by atoms with E-state index in [1.807, 2.05) is 42.3 Å². The van der Waals surface area contributed by atoms with Crippen LogP contribution in [0.1, 0.15) is 41.3 Å². The first-order valence-corrected chi connectivity index (χ1v) is 16.0. The molecule has 1 saturated heterocycles. The van der Waals surface area contributed by atoms with Gasteiger partial charge in [-0.2, -0.15) is 0 Å². The van der Waals surface area contributed by atoms with Gasteiger partial charge in [-0.1, -0.05) is 31.2 Å². The van der Waals surface area contributed by atoms with Gasteiger partial charge < -0.3 is 24.8 Å². The third kappa shape index (κ3) is 5.75. The first-order valence-electron chi connectivity index (χ1n) is 16.0. The van der Waals surface area contributed by atoms with Crippen molar-refractivity contribution in [1.82, 2.24) is 23.9 Å². The molecule has 4 heterocycles. The van der Waals surface area contributed by atoms with Crippen LogP contribution in [0.4, 0.5) is 11.5 Å². The zero-order chi connectivity index (χ0) is 32.9. The summed E-state index contributed by atoms with van der Waals surface area (Å²) >= 11 is 0. The minimum atomic E-state index is -0.316. The van der Waals surface area contributed by atoms with Crippen molar-refractivity contribution < 1.29 is 9.90 Å². The lowest BCUT2D eigenvalue weighted by atomic mass is 9.96. The Morgan fingerprint density at radius 2 is 1.74 bits per heavy atom. The first kappa shape index (κ1) is 30.6. The zero-order valence-corrected chi connectivity index (χ0v) is 26.9. The quantitative estimate of drug-likeness (QED) is 0.274. The Labute approximate surface area is 272 Å². The zero-order valence-electron chi connectivity index (χ0n) is 26.9. The molecule has 0 unspecified atom stereocenters. The molecule has 2 aromatic carbocycles. The van der Waals surface area contributed by atoms with Gasteiger partial charge in [-0.15, -0.1) is 0 Å². The lowest BCUT2D eigenvalue weighted by Crippen LogP contribution is -2.47. The molecule has 10 nitrogen and oxygen atoms in total. The van der Waals surface area contributed by atoms with E-state index in [9.17, 15) is 19.5 Å². The number of rotatable bonds is 7. The maximum atomic E-state index is 13.7. The fourth-order valence-electron chi connectivity index (χ4n) is 6.40. The van der Waals surface area contributed by atoms with Crippen molar-refractivity contribution in [2.75, 3.05) is 38.5 Å². The number of likely N-dealkylation sites (N-methyl/N-ethyl adjacent to an activating group) is 1. The Bertz CT molecular complexity index is 2120. The van der Waals surface area contributed by atoms with Crippen molar-refractivity contribution in [1.29, 1.82) is 0 Å². The van der Waals surface area contributed by atoms with Crippen LogP contribution >= 0.6 is 0 Å². The molecule has 240 valence electrons. The molecule has 1 aliphatic carbocycles. The number of aliphatic hydroxyl groups excluding tert-OH is 1. The number of hydrogen-bond donors (Lipinski definition) is 2. The van der Waals surface area contributed by atoms with E-state index in [-0.39, 0.29) is 34.7 Å². The Balaban J connectivity index is 1.19. The normalized spacial score (nSPS) is 16.0. The lowest BCUT2D eigenvalue weighted by Gasteiger charge is -2.32. The molecule has 7 rings (SSSR count). The van der Waals surface area contributed by atoms with Gasteiger partial charge in [0.15, 0.2) is 0 Å².